The second-order valence-corrected chi connectivity index (χ2v) is 9.65. The fourth-order valence-corrected chi connectivity index (χ4v) is 5.70. The van der Waals surface area contributed by atoms with Gasteiger partial charge in [0.25, 0.3) is 0 Å². The highest BCUT2D eigenvalue weighted by Gasteiger charge is 2.31. The van der Waals surface area contributed by atoms with E-state index in [2.05, 4.69) is 51.0 Å². The van der Waals surface area contributed by atoms with Gasteiger partial charge in [-0.25, -0.2) is 4.98 Å². The second-order valence-electron chi connectivity index (χ2n) is 9.65. The fourth-order valence-electron chi connectivity index (χ4n) is 5.70. The molecule has 5 rings (SSSR count). The minimum atomic E-state index is 0.401. The van der Waals surface area contributed by atoms with Crippen molar-refractivity contribution in [2.24, 2.45) is 5.92 Å². The quantitative estimate of drug-likeness (QED) is 0.761. The average Bonchev–Trinajstić information content (AvgIpc) is 3.50. The van der Waals surface area contributed by atoms with Crippen LogP contribution >= 0.6 is 0 Å². The van der Waals surface area contributed by atoms with Crippen molar-refractivity contribution in [1.82, 2.24) is 19.8 Å². The van der Waals surface area contributed by atoms with E-state index in [-0.39, 0.29) is 0 Å². The molecule has 2 aromatic rings. The molecule has 5 nitrogen and oxygen atoms in total. The lowest BCUT2D eigenvalue weighted by Crippen LogP contribution is -2.44. The van der Waals surface area contributed by atoms with Crippen LogP contribution in [0.2, 0.25) is 0 Å². The van der Waals surface area contributed by atoms with E-state index in [9.17, 15) is 0 Å². The largest absolute Gasteiger partial charge is 0.377 e. The van der Waals surface area contributed by atoms with Gasteiger partial charge in [-0.05, 0) is 75.6 Å². The Balaban J connectivity index is 1.15. The molecule has 1 unspecified atom stereocenters. The van der Waals surface area contributed by atoms with Gasteiger partial charge in [0, 0.05) is 37.6 Å². The highest BCUT2D eigenvalue weighted by molar-refractivity contribution is 5.33. The summed E-state index contributed by atoms with van der Waals surface area (Å²) in [5.41, 5.74) is 4.29. The number of imidazole rings is 1. The number of hydrogen-bond donors (Lipinski definition) is 1. The fraction of sp³-hybridized carbons (Fsp3) is 0.640. The van der Waals surface area contributed by atoms with Crippen LogP contribution in [0.25, 0.3) is 0 Å². The number of rotatable bonds is 7. The van der Waals surface area contributed by atoms with Crippen molar-refractivity contribution in [3.63, 3.8) is 0 Å². The molecule has 2 saturated heterocycles. The summed E-state index contributed by atoms with van der Waals surface area (Å²) in [5, 5.41) is 0. The number of aromatic nitrogens is 2. The second kappa shape index (κ2) is 9.21. The number of benzene rings is 1. The first-order valence-corrected chi connectivity index (χ1v) is 11.9. The van der Waals surface area contributed by atoms with Gasteiger partial charge in [-0.3, -0.25) is 9.80 Å². The number of likely N-dealkylation sites (tertiary alicyclic amines) is 1. The van der Waals surface area contributed by atoms with Gasteiger partial charge < -0.3 is 9.72 Å². The third kappa shape index (κ3) is 4.79. The molecule has 0 bridgehead atoms. The van der Waals surface area contributed by atoms with Crippen LogP contribution in [0.15, 0.2) is 30.5 Å². The maximum Gasteiger partial charge on any atom is 0.120 e. The van der Waals surface area contributed by atoms with Crippen molar-refractivity contribution in [3.05, 3.63) is 53.1 Å². The summed E-state index contributed by atoms with van der Waals surface area (Å²) in [6, 6.07) is 9.74. The standard InChI is InChI=1S/C25H36N4O/c1-19-15-26-25(27-19)18-28(17-24-7-4-12-30-24)16-20-8-10-29(11-9-20)23-13-21-5-2-3-6-22(21)14-23/h2-3,5-6,15,20,23-24H,4,7-14,16-18H2,1H3,(H,26,27). The van der Waals surface area contributed by atoms with E-state index >= 15 is 0 Å². The predicted molar refractivity (Wildman–Crippen MR) is 120 cm³/mol. The molecule has 162 valence electrons. The van der Waals surface area contributed by atoms with Gasteiger partial charge in [0.05, 0.1) is 12.6 Å². The zero-order valence-corrected chi connectivity index (χ0v) is 18.4. The van der Waals surface area contributed by atoms with Crippen LogP contribution in [0.1, 0.15) is 48.3 Å². The average molecular weight is 409 g/mol. The van der Waals surface area contributed by atoms with E-state index in [0.29, 0.717) is 6.10 Å². The Morgan fingerprint density at radius 2 is 1.87 bits per heavy atom. The molecule has 3 aliphatic rings. The lowest BCUT2D eigenvalue weighted by atomic mass is 9.94. The van der Waals surface area contributed by atoms with E-state index in [1.807, 2.05) is 6.20 Å². The number of piperidine rings is 1. The number of nitrogens with one attached hydrogen (secondary N) is 1. The molecule has 1 aliphatic carbocycles. The van der Waals surface area contributed by atoms with Crippen molar-refractivity contribution >= 4 is 0 Å². The SMILES string of the molecule is Cc1cnc(CN(CC2CCN(C3Cc4ccccc4C3)CC2)CC2CCCO2)[nH]1. The smallest absolute Gasteiger partial charge is 0.120 e. The topological polar surface area (TPSA) is 44.4 Å². The first-order chi connectivity index (χ1) is 14.7. The summed E-state index contributed by atoms with van der Waals surface area (Å²) < 4.78 is 5.95. The third-order valence-electron chi connectivity index (χ3n) is 7.33. The predicted octanol–water partition coefficient (Wildman–Crippen LogP) is 3.58. The van der Waals surface area contributed by atoms with Crippen molar-refractivity contribution in [2.45, 2.75) is 64.1 Å². The highest BCUT2D eigenvalue weighted by Crippen LogP contribution is 2.29. The molecule has 2 fully saturated rings. The van der Waals surface area contributed by atoms with Crippen molar-refractivity contribution in [3.8, 4) is 0 Å². The molecule has 1 N–H and O–H groups in total. The molecule has 1 aromatic heterocycles. The zero-order chi connectivity index (χ0) is 20.3. The zero-order valence-electron chi connectivity index (χ0n) is 18.4. The van der Waals surface area contributed by atoms with E-state index < -0.39 is 0 Å². The lowest BCUT2D eigenvalue weighted by Gasteiger charge is -2.38. The minimum absolute atomic E-state index is 0.401. The Morgan fingerprint density at radius 3 is 2.50 bits per heavy atom. The number of nitrogens with zero attached hydrogens (tertiary/aromatic N) is 3. The molecule has 30 heavy (non-hydrogen) atoms. The first-order valence-electron chi connectivity index (χ1n) is 11.9. The molecule has 2 aliphatic heterocycles. The molecule has 0 amide bonds. The summed E-state index contributed by atoms with van der Waals surface area (Å²) in [4.78, 5) is 13.3. The number of aryl methyl sites for hydroxylation is 1. The van der Waals surface area contributed by atoms with Gasteiger partial charge in [-0.15, -0.1) is 0 Å². The van der Waals surface area contributed by atoms with Crippen LogP contribution < -0.4 is 0 Å². The molecule has 5 heteroatoms. The van der Waals surface area contributed by atoms with Crippen LogP contribution in [0.4, 0.5) is 0 Å². The third-order valence-corrected chi connectivity index (χ3v) is 7.33. The van der Waals surface area contributed by atoms with Crippen LogP contribution in [-0.2, 0) is 24.1 Å². The molecule has 0 saturated carbocycles. The van der Waals surface area contributed by atoms with E-state index in [4.69, 9.17) is 4.74 Å². The minimum Gasteiger partial charge on any atom is -0.377 e. The van der Waals surface area contributed by atoms with E-state index in [1.54, 1.807) is 11.1 Å². The Morgan fingerprint density at radius 1 is 1.10 bits per heavy atom. The Bertz CT molecular complexity index is 795. The van der Waals surface area contributed by atoms with Crippen LogP contribution in [0.5, 0.6) is 0 Å². The monoisotopic (exact) mass is 408 g/mol. The summed E-state index contributed by atoms with van der Waals surface area (Å²) >= 11 is 0. The Kier molecular flexibility index (Phi) is 6.21. The van der Waals surface area contributed by atoms with Crippen molar-refractivity contribution in [2.75, 3.05) is 32.8 Å². The summed E-state index contributed by atoms with van der Waals surface area (Å²) in [6.07, 6.45) is 9.86. The summed E-state index contributed by atoms with van der Waals surface area (Å²) in [6.45, 7) is 8.62. The highest BCUT2D eigenvalue weighted by atomic mass is 16.5. The maximum atomic E-state index is 5.95. The molecule has 1 aromatic carbocycles. The van der Waals surface area contributed by atoms with Gasteiger partial charge in [0.15, 0.2) is 0 Å². The van der Waals surface area contributed by atoms with Gasteiger partial charge in [0.1, 0.15) is 5.82 Å². The van der Waals surface area contributed by atoms with Crippen LogP contribution in [0, 0.1) is 12.8 Å². The van der Waals surface area contributed by atoms with Gasteiger partial charge in [-0.2, -0.15) is 0 Å². The Hall–Kier alpha value is -1.69. The summed E-state index contributed by atoms with van der Waals surface area (Å²) in [7, 11) is 0. The van der Waals surface area contributed by atoms with E-state index in [1.165, 1.54) is 58.2 Å². The summed E-state index contributed by atoms with van der Waals surface area (Å²) in [5.74, 6) is 1.87. The van der Waals surface area contributed by atoms with Crippen molar-refractivity contribution in [1.29, 1.82) is 0 Å². The Labute approximate surface area is 180 Å². The number of ether oxygens (including phenoxy) is 1. The number of H-pyrrole nitrogens is 1. The van der Waals surface area contributed by atoms with Crippen LogP contribution in [0.3, 0.4) is 0 Å². The first kappa shape index (κ1) is 20.2. The van der Waals surface area contributed by atoms with Crippen molar-refractivity contribution < 1.29 is 4.74 Å². The van der Waals surface area contributed by atoms with Crippen LogP contribution in [-0.4, -0.2) is 64.7 Å². The molecule has 1 atom stereocenters. The number of fused-ring (bicyclic) bond motifs is 1. The number of aromatic amines is 1. The maximum absolute atomic E-state index is 5.95. The molecule has 0 radical (unpaired) electrons. The normalized spacial score (nSPS) is 23.5. The molecular weight excluding hydrogens is 372 g/mol. The lowest BCUT2D eigenvalue weighted by molar-refractivity contribution is 0.0533. The number of hydrogen-bond acceptors (Lipinski definition) is 4. The molecule has 3 heterocycles. The van der Waals surface area contributed by atoms with Gasteiger partial charge >= 0.3 is 0 Å². The van der Waals surface area contributed by atoms with Gasteiger partial charge in [-0.1, -0.05) is 24.3 Å². The molecular formula is C25H36N4O. The molecule has 0 spiro atoms. The van der Waals surface area contributed by atoms with Gasteiger partial charge in [0.2, 0.25) is 0 Å². The van der Waals surface area contributed by atoms with E-state index in [0.717, 1.165) is 43.2 Å².